The standard InChI is InChI=1S/C21H21NO3/c1-14(15-10-6-5-7-11-15)18-16-12-8-9-13-17(16)22(19(18)23)20(24)25-21(2,3)4/h5-13,23H,1H2,2-4H3/p-1. The van der Waals surface area contributed by atoms with Crippen LogP contribution in [0, 0.1) is 0 Å². The van der Waals surface area contributed by atoms with Crippen LogP contribution < -0.4 is 5.11 Å². The SMILES string of the molecule is C=C(c1ccccc1)c1c([O-])n(C(=O)OC(C)(C)C)c2ccccc12. The summed E-state index contributed by atoms with van der Waals surface area (Å²) in [5, 5.41) is 13.7. The van der Waals surface area contributed by atoms with Gasteiger partial charge in [-0.05, 0) is 43.9 Å². The maximum atomic E-state index is 13.0. The molecule has 2 aromatic carbocycles. The molecule has 0 bridgehead atoms. The molecular weight excluding hydrogens is 314 g/mol. The molecule has 3 aromatic rings. The first-order valence-corrected chi connectivity index (χ1v) is 8.08. The summed E-state index contributed by atoms with van der Waals surface area (Å²) in [6.45, 7) is 9.39. The van der Waals surface area contributed by atoms with Crippen LogP contribution in [0.4, 0.5) is 4.79 Å². The van der Waals surface area contributed by atoms with E-state index in [0.717, 1.165) is 10.1 Å². The Morgan fingerprint density at radius 2 is 1.64 bits per heavy atom. The zero-order chi connectivity index (χ0) is 18.2. The molecule has 0 unspecified atom stereocenters. The van der Waals surface area contributed by atoms with Crippen LogP contribution in [0.2, 0.25) is 0 Å². The lowest BCUT2D eigenvalue weighted by molar-refractivity contribution is -0.277. The van der Waals surface area contributed by atoms with E-state index in [1.54, 1.807) is 32.9 Å². The Morgan fingerprint density at radius 1 is 1.04 bits per heavy atom. The lowest BCUT2D eigenvalue weighted by Crippen LogP contribution is -2.27. The summed E-state index contributed by atoms with van der Waals surface area (Å²) in [5.74, 6) is -0.413. The molecule has 0 amide bonds. The van der Waals surface area contributed by atoms with Crippen LogP contribution in [0.15, 0.2) is 61.2 Å². The molecule has 0 atom stereocenters. The van der Waals surface area contributed by atoms with Crippen LogP contribution in [-0.4, -0.2) is 16.3 Å². The second kappa shape index (κ2) is 6.13. The Hall–Kier alpha value is -3.01. The van der Waals surface area contributed by atoms with Crippen LogP contribution in [-0.2, 0) is 4.74 Å². The Morgan fingerprint density at radius 3 is 2.28 bits per heavy atom. The maximum absolute atomic E-state index is 13.0. The normalized spacial score (nSPS) is 11.5. The van der Waals surface area contributed by atoms with Gasteiger partial charge in [-0.25, -0.2) is 4.79 Å². The van der Waals surface area contributed by atoms with Gasteiger partial charge in [0.2, 0.25) is 0 Å². The van der Waals surface area contributed by atoms with Crippen molar-refractivity contribution < 1.29 is 14.6 Å². The highest BCUT2D eigenvalue weighted by molar-refractivity contribution is 6.03. The molecule has 0 aliphatic rings. The van der Waals surface area contributed by atoms with Gasteiger partial charge in [-0.15, -0.1) is 0 Å². The van der Waals surface area contributed by atoms with E-state index in [2.05, 4.69) is 6.58 Å². The third-order valence-corrected chi connectivity index (χ3v) is 3.83. The molecule has 0 radical (unpaired) electrons. The lowest BCUT2D eigenvalue weighted by Gasteiger charge is -2.22. The number of hydrogen-bond acceptors (Lipinski definition) is 3. The molecular formula is C21H20NO3-. The van der Waals surface area contributed by atoms with E-state index >= 15 is 0 Å². The molecule has 0 aliphatic carbocycles. The fourth-order valence-corrected chi connectivity index (χ4v) is 2.78. The fourth-order valence-electron chi connectivity index (χ4n) is 2.78. The van der Waals surface area contributed by atoms with E-state index in [9.17, 15) is 9.90 Å². The molecule has 25 heavy (non-hydrogen) atoms. The number of carbonyl (C=O) groups excluding carboxylic acids is 1. The first kappa shape index (κ1) is 16.8. The van der Waals surface area contributed by atoms with E-state index in [1.807, 2.05) is 42.5 Å². The smallest absolute Gasteiger partial charge is 0.418 e. The van der Waals surface area contributed by atoms with Gasteiger partial charge in [0.1, 0.15) is 5.60 Å². The summed E-state index contributed by atoms with van der Waals surface area (Å²) in [7, 11) is 0. The Kier molecular flexibility index (Phi) is 4.13. The second-order valence-electron chi connectivity index (χ2n) is 6.86. The fraction of sp³-hybridized carbons (Fsp3) is 0.190. The van der Waals surface area contributed by atoms with Crippen LogP contribution in [0.1, 0.15) is 31.9 Å². The molecule has 0 N–H and O–H groups in total. The molecule has 1 heterocycles. The van der Waals surface area contributed by atoms with E-state index < -0.39 is 17.6 Å². The Balaban J connectivity index is 2.20. The van der Waals surface area contributed by atoms with Gasteiger partial charge in [-0.3, -0.25) is 4.57 Å². The molecule has 0 fully saturated rings. The number of nitrogens with zero attached hydrogens (tertiary/aromatic N) is 1. The van der Waals surface area contributed by atoms with Gasteiger partial charge >= 0.3 is 6.09 Å². The molecule has 0 aliphatic heterocycles. The largest absolute Gasteiger partial charge is 0.859 e. The summed E-state index contributed by atoms with van der Waals surface area (Å²) < 4.78 is 6.49. The van der Waals surface area contributed by atoms with E-state index in [-0.39, 0.29) is 0 Å². The van der Waals surface area contributed by atoms with Crippen molar-refractivity contribution in [2.24, 2.45) is 0 Å². The van der Waals surface area contributed by atoms with Crippen LogP contribution >= 0.6 is 0 Å². The van der Waals surface area contributed by atoms with Crippen LogP contribution in [0.3, 0.4) is 0 Å². The summed E-state index contributed by atoms with van der Waals surface area (Å²) in [6, 6.07) is 16.6. The monoisotopic (exact) mass is 334 g/mol. The van der Waals surface area contributed by atoms with Crippen LogP contribution in [0.5, 0.6) is 5.88 Å². The van der Waals surface area contributed by atoms with Crippen molar-refractivity contribution in [1.82, 2.24) is 4.57 Å². The van der Waals surface area contributed by atoms with Crippen molar-refractivity contribution in [2.75, 3.05) is 0 Å². The Labute approximate surface area is 147 Å². The zero-order valence-corrected chi connectivity index (χ0v) is 14.6. The molecule has 4 heteroatoms. The molecule has 0 saturated heterocycles. The van der Waals surface area contributed by atoms with E-state index in [0.29, 0.717) is 22.0 Å². The van der Waals surface area contributed by atoms with Crippen molar-refractivity contribution in [3.05, 3.63) is 72.3 Å². The number of benzene rings is 2. The van der Waals surface area contributed by atoms with Crippen LogP contribution in [0.25, 0.3) is 16.5 Å². The highest BCUT2D eigenvalue weighted by Gasteiger charge is 2.23. The van der Waals surface area contributed by atoms with Gasteiger partial charge in [0.25, 0.3) is 0 Å². The molecule has 4 nitrogen and oxygen atoms in total. The topological polar surface area (TPSA) is 54.3 Å². The van der Waals surface area contributed by atoms with E-state index in [4.69, 9.17) is 4.74 Å². The number of ether oxygens (including phenoxy) is 1. The first-order chi connectivity index (χ1) is 11.8. The summed E-state index contributed by atoms with van der Waals surface area (Å²) in [4.78, 5) is 12.6. The van der Waals surface area contributed by atoms with E-state index in [1.165, 1.54) is 0 Å². The van der Waals surface area contributed by atoms with Gasteiger partial charge in [0, 0.05) is 10.9 Å². The van der Waals surface area contributed by atoms with Crippen molar-refractivity contribution in [1.29, 1.82) is 0 Å². The highest BCUT2D eigenvalue weighted by atomic mass is 16.6. The molecule has 0 spiro atoms. The average molecular weight is 334 g/mol. The molecule has 1 aromatic heterocycles. The minimum Gasteiger partial charge on any atom is -0.859 e. The summed E-state index contributed by atoms with van der Waals surface area (Å²) in [6.07, 6.45) is -0.680. The summed E-state index contributed by atoms with van der Waals surface area (Å²) in [5.41, 5.74) is 1.68. The van der Waals surface area contributed by atoms with Crippen molar-refractivity contribution in [3.8, 4) is 5.88 Å². The number of rotatable bonds is 2. The summed E-state index contributed by atoms with van der Waals surface area (Å²) >= 11 is 0. The average Bonchev–Trinajstić information content (AvgIpc) is 2.85. The van der Waals surface area contributed by atoms with Crippen molar-refractivity contribution >= 4 is 22.6 Å². The predicted octanol–water partition coefficient (Wildman–Crippen LogP) is 4.56. The van der Waals surface area contributed by atoms with Gasteiger partial charge in [0.15, 0.2) is 0 Å². The van der Waals surface area contributed by atoms with Gasteiger partial charge in [-0.1, -0.05) is 55.1 Å². The highest BCUT2D eigenvalue weighted by Crippen LogP contribution is 2.37. The number of fused-ring (bicyclic) bond motifs is 1. The predicted molar refractivity (Wildman–Crippen MR) is 97.6 cm³/mol. The first-order valence-electron chi connectivity index (χ1n) is 8.08. The number of aromatic nitrogens is 1. The second-order valence-corrected chi connectivity index (χ2v) is 6.86. The van der Waals surface area contributed by atoms with Crippen molar-refractivity contribution in [3.63, 3.8) is 0 Å². The zero-order valence-electron chi connectivity index (χ0n) is 14.6. The maximum Gasteiger partial charge on any atom is 0.418 e. The van der Waals surface area contributed by atoms with Gasteiger partial charge < -0.3 is 9.84 Å². The third kappa shape index (κ3) is 3.15. The number of hydrogen-bond donors (Lipinski definition) is 0. The van der Waals surface area contributed by atoms with Crippen molar-refractivity contribution in [2.45, 2.75) is 26.4 Å². The number of carbonyl (C=O) groups is 1. The number of para-hydroxylation sites is 1. The Bertz CT molecular complexity index is 946. The van der Waals surface area contributed by atoms with Gasteiger partial charge in [0.05, 0.1) is 5.52 Å². The molecule has 128 valence electrons. The minimum absolute atomic E-state index is 0.413. The van der Waals surface area contributed by atoms with Gasteiger partial charge in [-0.2, -0.15) is 0 Å². The molecule has 0 saturated carbocycles. The third-order valence-electron chi connectivity index (χ3n) is 3.83. The quantitative estimate of drug-likeness (QED) is 0.690. The lowest BCUT2D eigenvalue weighted by atomic mass is 9.99. The molecule has 3 rings (SSSR count). The minimum atomic E-state index is -0.689.